The Balaban J connectivity index is 1.95. The molecule has 1 N–H and O–H groups in total. The third kappa shape index (κ3) is 5.16. The summed E-state index contributed by atoms with van der Waals surface area (Å²) in [6.07, 6.45) is 0. The van der Waals surface area contributed by atoms with Crippen molar-refractivity contribution >= 4 is 17.6 Å². The second-order valence-electron chi connectivity index (χ2n) is 7.14. The fourth-order valence-corrected chi connectivity index (χ4v) is 3.01. The molecule has 0 unspecified atom stereocenters. The number of hydrogen-bond donors (Lipinski definition) is 1. The minimum absolute atomic E-state index is 0.0822. The van der Waals surface area contributed by atoms with Crippen molar-refractivity contribution in [1.82, 2.24) is 9.78 Å². The smallest absolute Gasteiger partial charge is 0.335 e. The van der Waals surface area contributed by atoms with Gasteiger partial charge in [-0.15, -0.1) is 0 Å². The van der Waals surface area contributed by atoms with Crippen LogP contribution in [0.1, 0.15) is 25.1 Å². The number of hydrogen-bond acceptors (Lipinski definition) is 4. The molecule has 0 aliphatic rings. The number of ether oxygens (including phenoxy) is 2. The monoisotopic (exact) mass is 414 g/mol. The van der Waals surface area contributed by atoms with Crippen LogP contribution in [-0.4, -0.2) is 33.6 Å². The molecule has 3 rings (SSSR count). The number of methoxy groups -OCH3 is 1. The summed E-state index contributed by atoms with van der Waals surface area (Å²) in [6, 6.07) is 17.2. The van der Waals surface area contributed by atoms with E-state index in [4.69, 9.17) is 21.1 Å². The van der Waals surface area contributed by atoms with E-state index in [1.54, 1.807) is 7.11 Å². The molecule has 0 atom stereocenters. The van der Waals surface area contributed by atoms with E-state index in [0.717, 1.165) is 22.6 Å². The third-order valence-electron chi connectivity index (χ3n) is 4.51. The van der Waals surface area contributed by atoms with E-state index in [9.17, 15) is 9.90 Å². The maximum Gasteiger partial charge on any atom is 0.335 e. The van der Waals surface area contributed by atoms with Gasteiger partial charge in [0.15, 0.2) is 5.60 Å². The molecule has 6 nitrogen and oxygen atoms in total. The summed E-state index contributed by atoms with van der Waals surface area (Å²) < 4.78 is 12.8. The second kappa shape index (κ2) is 8.68. The van der Waals surface area contributed by atoms with E-state index in [2.05, 4.69) is 5.10 Å². The first-order chi connectivity index (χ1) is 13.8. The Kier molecular flexibility index (Phi) is 6.25. The van der Waals surface area contributed by atoms with Gasteiger partial charge in [0, 0.05) is 10.6 Å². The first-order valence-electron chi connectivity index (χ1n) is 9.11. The molecule has 0 bridgehead atoms. The van der Waals surface area contributed by atoms with E-state index in [-0.39, 0.29) is 6.61 Å². The molecule has 1 aromatic heterocycles. The Hall–Kier alpha value is -2.83. The van der Waals surface area contributed by atoms with E-state index in [1.165, 1.54) is 13.8 Å². The lowest BCUT2D eigenvalue weighted by Crippen LogP contribution is -2.34. The van der Waals surface area contributed by atoms with Gasteiger partial charge in [-0.2, -0.15) is 5.10 Å². The maximum atomic E-state index is 11.3. The van der Waals surface area contributed by atoms with Crippen LogP contribution in [0, 0.1) is 0 Å². The number of aromatic nitrogens is 2. The lowest BCUT2D eigenvalue weighted by molar-refractivity contribution is -0.162. The number of halogens is 1. The standard InChI is InChI=1S/C22H23ClN2O4/c1-22(2,21(26)27)29-14-18-12-20(16-7-5-9-19(11-16)28-3)25(24-18)13-15-6-4-8-17(23)10-15/h4-12H,13-14H2,1-3H3,(H,26,27). The Labute approximate surface area is 174 Å². The molecule has 0 saturated carbocycles. The van der Waals surface area contributed by atoms with Gasteiger partial charge >= 0.3 is 5.97 Å². The second-order valence-corrected chi connectivity index (χ2v) is 7.58. The Morgan fingerprint density at radius 2 is 1.93 bits per heavy atom. The van der Waals surface area contributed by atoms with Crippen LogP contribution in [-0.2, 0) is 22.7 Å². The average molecular weight is 415 g/mol. The molecular formula is C22H23ClN2O4. The van der Waals surface area contributed by atoms with Gasteiger partial charge in [-0.25, -0.2) is 4.79 Å². The number of carboxylic acid groups (broad SMARTS) is 1. The molecule has 1 heterocycles. The van der Waals surface area contributed by atoms with Crippen LogP contribution in [0.2, 0.25) is 5.02 Å². The molecule has 7 heteroatoms. The van der Waals surface area contributed by atoms with Crippen molar-refractivity contribution in [2.45, 2.75) is 32.6 Å². The predicted molar refractivity (Wildman–Crippen MR) is 111 cm³/mol. The van der Waals surface area contributed by atoms with Crippen molar-refractivity contribution in [1.29, 1.82) is 0 Å². The summed E-state index contributed by atoms with van der Waals surface area (Å²) in [4.78, 5) is 11.3. The zero-order chi connectivity index (χ0) is 21.0. The first-order valence-corrected chi connectivity index (χ1v) is 9.49. The zero-order valence-electron chi connectivity index (χ0n) is 16.6. The molecule has 0 saturated heterocycles. The van der Waals surface area contributed by atoms with Crippen molar-refractivity contribution in [2.75, 3.05) is 7.11 Å². The highest BCUT2D eigenvalue weighted by Gasteiger charge is 2.28. The lowest BCUT2D eigenvalue weighted by Gasteiger charge is -2.19. The number of nitrogens with zero attached hydrogens (tertiary/aromatic N) is 2. The minimum atomic E-state index is -1.30. The van der Waals surface area contributed by atoms with Crippen molar-refractivity contribution < 1.29 is 19.4 Å². The van der Waals surface area contributed by atoms with Gasteiger partial charge in [-0.1, -0.05) is 35.9 Å². The summed E-state index contributed by atoms with van der Waals surface area (Å²) in [6.45, 7) is 3.62. The average Bonchev–Trinajstić information content (AvgIpc) is 3.09. The molecular weight excluding hydrogens is 392 g/mol. The molecule has 29 heavy (non-hydrogen) atoms. The Morgan fingerprint density at radius 1 is 1.17 bits per heavy atom. The summed E-state index contributed by atoms with van der Waals surface area (Å²) in [5.74, 6) is -0.285. The third-order valence-corrected chi connectivity index (χ3v) is 4.75. The van der Waals surface area contributed by atoms with Gasteiger partial charge in [0.1, 0.15) is 5.75 Å². The van der Waals surface area contributed by atoms with Gasteiger partial charge in [-0.3, -0.25) is 4.68 Å². The molecule has 152 valence electrons. The highest BCUT2D eigenvalue weighted by Crippen LogP contribution is 2.26. The topological polar surface area (TPSA) is 73.6 Å². The number of aliphatic carboxylic acids is 1. The molecule has 0 aliphatic heterocycles. The number of rotatable bonds is 8. The van der Waals surface area contributed by atoms with Crippen molar-refractivity contribution in [3.8, 4) is 17.0 Å². The van der Waals surface area contributed by atoms with Crippen LogP contribution in [0.4, 0.5) is 0 Å². The molecule has 0 radical (unpaired) electrons. The van der Waals surface area contributed by atoms with Gasteiger partial charge in [0.2, 0.25) is 0 Å². The van der Waals surface area contributed by atoms with Gasteiger partial charge in [0.05, 0.1) is 31.6 Å². The van der Waals surface area contributed by atoms with Crippen LogP contribution in [0.15, 0.2) is 54.6 Å². The highest BCUT2D eigenvalue weighted by atomic mass is 35.5. The van der Waals surface area contributed by atoms with Crippen LogP contribution < -0.4 is 4.74 Å². The highest BCUT2D eigenvalue weighted by molar-refractivity contribution is 6.30. The SMILES string of the molecule is COc1cccc(-c2cc(COC(C)(C)C(=O)O)nn2Cc2cccc(Cl)c2)c1. The normalized spacial score (nSPS) is 11.4. The van der Waals surface area contributed by atoms with Crippen LogP contribution in [0.3, 0.4) is 0 Å². The summed E-state index contributed by atoms with van der Waals surface area (Å²) in [5.41, 5.74) is 2.15. The minimum Gasteiger partial charge on any atom is -0.497 e. The van der Waals surface area contributed by atoms with E-state index >= 15 is 0 Å². The van der Waals surface area contributed by atoms with Gasteiger partial charge in [-0.05, 0) is 49.7 Å². The first kappa shape index (κ1) is 20.9. The lowest BCUT2D eigenvalue weighted by atomic mass is 10.1. The quantitative estimate of drug-likeness (QED) is 0.581. The largest absolute Gasteiger partial charge is 0.497 e. The fraction of sp³-hybridized carbons (Fsp3) is 0.273. The molecule has 0 fully saturated rings. The number of benzene rings is 2. The molecule has 2 aromatic carbocycles. The number of carbonyl (C=O) groups is 1. The Morgan fingerprint density at radius 3 is 2.62 bits per heavy atom. The molecule has 3 aromatic rings. The Bertz CT molecular complexity index is 1010. The molecule has 0 aliphatic carbocycles. The van der Waals surface area contributed by atoms with E-state index < -0.39 is 11.6 Å². The molecule has 0 amide bonds. The summed E-state index contributed by atoms with van der Waals surface area (Å²) in [5, 5.41) is 14.6. The van der Waals surface area contributed by atoms with Crippen LogP contribution in [0.5, 0.6) is 5.75 Å². The summed E-state index contributed by atoms with van der Waals surface area (Å²) >= 11 is 6.12. The van der Waals surface area contributed by atoms with E-state index in [0.29, 0.717) is 17.3 Å². The van der Waals surface area contributed by atoms with Crippen molar-refractivity contribution in [3.63, 3.8) is 0 Å². The van der Waals surface area contributed by atoms with Crippen LogP contribution in [0.25, 0.3) is 11.3 Å². The summed E-state index contributed by atoms with van der Waals surface area (Å²) in [7, 11) is 1.62. The van der Waals surface area contributed by atoms with Gasteiger partial charge < -0.3 is 14.6 Å². The van der Waals surface area contributed by atoms with Crippen molar-refractivity contribution in [2.24, 2.45) is 0 Å². The maximum absolute atomic E-state index is 11.3. The predicted octanol–water partition coefficient (Wildman–Crippen LogP) is 4.64. The van der Waals surface area contributed by atoms with Crippen LogP contribution >= 0.6 is 11.6 Å². The molecule has 0 spiro atoms. The van der Waals surface area contributed by atoms with Gasteiger partial charge in [0.25, 0.3) is 0 Å². The van der Waals surface area contributed by atoms with Crippen molar-refractivity contribution in [3.05, 3.63) is 70.9 Å². The fourth-order valence-electron chi connectivity index (χ4n) is 2.80. The zero-order valence-corrected chi connectivity index (χ0v) is 17.3. The number of carboxylic acids is 1. The van der Waals surface area contributed by atoms with E-state index in [1.807, 2.05) is 59.3 Å².